The van der Waals surface area contributed by atoms with Crippen molar-refractivity contribution in [2.75, 3.05) is 5.32 Å². The lowest BCUT2D eigenvalue weighted by Gasteiger charge is -2.04. The van der Waals surface area contributed by atoms with Gasteiger partial charge in [-0.25, -0.2) is 0 Å². The lowest BCUT2D eigenvalue weighted by atomic mass is 10.2. The summed E-state index contributed by atoms with van der Waals surface area (Å²) in [6.07, 6.45) is 0. The van der Waals surface area contributed by atoms with E-state index in [9.17, 15) is 9.90 Å². The SMILES string of the molecule is O=C(Nc1ccccc1)c1cccc(O)c1. The Hall–Kier alpha value is -2.29. The van der Waals surface area contributed by atoms with Crippen LogP contribution in [0.25, 0.3) is 0 Å². The summed E-state index contributed by atoms with van der Waals surface area (Å²) >= 11 is 0. The number of rotatable bonds is 2. The maximum Gasteiger partial charge on any atom is 0.255 e. The molecule has 3 nitrogen and oxygen atoms in total. The molecule has 0 heterocycles. The summed E-state index contributed by atoms with van der Waals surface area (Å²) < 4.78 is 0. The number of para-hydroxylation sites is 1. The number of benzene rings is 2. The topological polar surface area (TPSA) is 49.3 Å². The zero-order chi connectivity index (χ0) is 11.4. The molecule has 0 aliphatic carbocycles. The van der Waals surface area contributed by atoms with Gasteiger partial charge in [-0.15, -0.1) is 0 Å². The molecule has 3 heteroatoms. The molecule has 0 bridgehead atoms. The van der Waals surface area contributed by atoms with Crippen LogP contribution < -0.4 is 5.32 Å². The second kappa shape index (κ2) is 4.49. The van der Waals surface area contributed by atoms with E-state index in [2.05, 4.69) is 5.32 Å². The van der Waals surface area contributed by atoms with Gasteiger partial charge in [-0.05, 0) is 30.3 Å². The average Bonchev–Trinajstić information content (AvgIpc) is 2.30. The number of phenols is 1. The highest BCUT2D eigenvalue weighted by Gasteiger charge is 2.05. The fourth-order valence-electron chi connectivity index (χ4n) is 1.37. The van der Waals surface area contributed by atoms with Gasteiger partial charge in [0.05, 0.1) is 0 Å². The number of carbonyl (C=O) groups excluding carboxylic acids is 1. The van der Waals surface area contributed by atoms with Gasteiger partial charge in [-0.2, -0.15) is 0 Å². The van der Waals surface area contributed by atoms with Gasteiger partial charge in [-0.3, -0.25) is 4.79 Å². The van der Waals surface area contributed by atoms with Crippen molar-refractivity contribution in [3.05, 3.63) is 60.2 Å². The Morgan fingerprint density at radius 1 is 1.00 bits per heavy atom. The van der Waals surface area contributed by atoms with Crippen LogP contribution >= 0.6 is 0 Å². The summed E-state index contributed by atoms with van der Waals surface area (Å²) in [4.78, 5) is 11.7. The molecule has 2 N–H and O–H groups in total. The van der Waals surface area contributed by atoms with E-state index in [1.54, 1.807) is 24.3 Å². The van der Waals surface area contributed by atoms with Crippen molar-refractivity contribution < 1.29 is 9.90 Å². The molecule has 0 radical (unpaired) electrons. The van der Waals surface area contributed by atoms with Crippen LogP contribution in [0.15, 0.2) is 54.6 Å². The molecule has 0 saturated heterocycles. The predicted octanol–water partition coefficient (Wildman–Crippen LogP) is 2.64. The molecule has 2 aromatic carbocycles. The summed E-state index contributed by atoms with van der Waals surface area (Å²) in [5, 5.41) is 12.0. The van der Waals surface area contributed by atoms with Crippen LogP contribution in [-0.2, 0) is 0 Å². The molecule has 0 aromatic heterocycles. The summed E-state index contributed by atoms with van der Waals surface area (Å²) in [5.74, 6) is -0.150. The zero-order valence-electron chi connectivity index (χ0n) is 8.55. The predicted molar refractivity (Wildman–Crippen MR) is 62.5 cm³/mol. The fraction of sp³-hybridized carbons (Fsp3) is 0. The van der Waals surface area contributed by atoms with Crippen molar-refractivity contribution >= 4 is 11.6 Å². The van der Waals surface area contributed by atoms with Gasteiger partial charge in [0.15, 0.2) is 0 Å². The Kier molecular flexibility index (Phi) is 2.87. The first kappa shape index (κ1) is 10.2. The molecule has 0 unspecified atom stereocenters. The molecule has 0 aliphatic rings. The van der Waals surface area contributed by atoms with E-state index in [1.165, 1.54) is 12.1 Å². The molecular weight excluding hydrogens is 202 g/mol. The summed E-state index contributed by atoms with van der Waals surface area (Å²) in [6.45, 7) is 0. The number of nitrogens with one attached hydrogen (secondary N) is 1. The normalized spacial score (nSPS) is 9.75. The second-order valence-corrected chi connectivity index (χ2v) is 3.37. The minimum absolute atomic E-state index is 0.0840. The summed E-state index contributed by atoms with van der Waals surface area (Å²) in [7, 11) is 0. The minimum Gasteiger partial charge on any atom is -0.508 e. The van der Waals surface area contributed by atoms with Crippen molar-refractivity contribution in [2.45, 2.75) is 0 Å². The molecule has 16 heavy (non-hydrogen) atoms. The number of anilines is 1. The number of phenolic OH excluding ortho intramolecular Hbond substituents is 1. The van der Waals surface area contributed by atoms with Crippen LogP contribution in [0.2, 0.25) is 0 Å². The maximum absolute atomic E-state index is 11.7. The van der Waals surface area contributed by atoms with Crippen molar-refractivity contribution in [3.8, 4) is 5.75 Å². The lowest BCUT2D eigenvalue weighted by molar-refractivity contribution is 0.102. The molecular formula is C13H11NO2. The number of carbonyl (C=O) groups is 1. The van der Waals surface area contributed by atoms with E-state index in [-0.39, 0.29) is 11.7 Å². The molecule has 1 amide bonds. The highest BCUT2D eigenvalue weighted by atomic mass is 16.3. The van der Waals surface area contributed by atoms with Gasteiger partial charge in [-0.1, -0.05) is 24.3 Å². The van der Waals surface area contributed by atoms with E-state index in [0.717, 1.165) is 5.69 Å². The largest absolute Gasteiger partial charge is 0.508 e. The molecule has 2 rings (SSSR count). The van der Waals surface area contributed by atoms with Gasteiger partial charge in [0.25, 0.3) is 5.91 Å². The van der Waals surface area contributed by atoms with Crippen LogP contribution in [0.5, 0.6) is 5.75 Å². The first-order chi connectivity index (χ1) is 7.75. The monoisotopic (exact) mass is 213 g/mol. The Bertz CT molecular complexity index is 494. The standard InChI is InChI=1S/C13H11NO2/c15-12-8-4-5-10(9-12)13(16)14-11-6-2-1-3-7-11/h1-9,15H,(H,14,16). The van der Waals surface area contributed by atoms with Gasteiger partial charge in [0, 0.05) is 11.3 Å². The number of hydrogen-bond donors (Lipinski definition) is 2. The van der Waals surface area contributed by atoms with Gasteiger partial charge >= 0.3 is 0 Å². The van der Waals surface area contributed by atoms with E-state index in [1.807, 2.05) is 18.2 Å². The number of aromatic hydroxyl groups is 1. The molecule has 0 fully saturated rings. The van der Waals surface area contributed by atoms with Crippen LogP contribution in [0.3, 0.4) is 0 Å². The Labute approximate surface area is 93.4 Å². The van der Waals surface area contributed by atoms with E-state index >= 15 is 0 Å². The van der Waals surface area contributed by atoms with Gasteiger partial charge < -0.3 is 10.4 Å². The third kappa shape index (κ3) is 2.39. The average molecular weight is 213 g/mol. The quantitative estimate of drug-likeness (QED) is 0.805. The first-order valence-corrected chi connectivity index (χ1v) is 4.91. The van der Waals surface area contributed by atoms with E-state index in [4.69, 9.17) is 0 Å². The molecule has 0 saturated carbocycles. The molecule has 2 aromatic rings. The maximum atomic E-state index is 11.7. The molecule has 0 aliphatic heterocycles. The second-order valence-electron chi connectivity index (χ2n) is 3.37. The van der Waals surface area contributed by atoms with Crippen molar-refractivity contribution in [1.29, 1.82) is 0 Å². The van der Waals surface area contributed by atoms with Crippen LogP contribution in [0.4, 0.5) is 5.69 Å². The van der Waals surface area contributed by atoms with Crippen molar-refractivity contribution in [2.24, 2.45) is 0 Å². The third-order valence-electron chi connectivity index (χ3n) is 2.14. The van der Waals surface area contributed by atoms with Crippen LogP contribution in [-0.4, -0.2) is 11.0 Å². The van der Waals surface area contributed by atoms with Gasteiger partial charge in [0.1, 0.15) is 5.75 Å². The molecule has 0 atom stereocenters. The fourth-order valence-corrected chi connectivity index (χ4v) is 1.37. The smallest absolute Gasteiger partial charge is 0.255 e. The van der Waals surface area contributed by atoms with Crippen molar-refractivity contribution in [3.63, 3.8) is 0 Å². The van der Waals surface area contributed by atoms with Crippen LogP contribution in [0.1, 0.15) is 10.4 Å². The zero-order valence-corrected chi connectivity index (χ0v) is 8.55. The Balaban J connectivity index is 2.15. The van der Waals surface area contributed by atoms with E-state index in [0.29, 0.717) is 5.56 Å². The molecule has 80 valence electrons. The number of amides is 1. The number of hydrogen-bond acceptors (Lipinski definition) is 2. The van der Waals surface area contributed by atoms with Crippen molar-refractivity contribution in [1.82, 2.24) is 0 Å². The first-order valence-electron chi connectivity index (χ1n) is 4.91. The summed E-state index contributed by atoms with van der Waals surface area (Å²) in [5.41, 5.74) is 1.17. The summed E-state index contributed by atoms with van der Waals surface area (Å²) in [6, 6.07) is 15.4. The van der Waals surface area contributed by atoms with E-state index < -0.39 is 0 Å². The highest BCUT2D eigenvalue weighted by molar-refractivity contribution is 6.04. The van der Waals surface area contributed by atoms with Gasteiger partial charge in [0.2, 0.25) is 0 Å². The third-order valence-corrected chi connectivity index (χ3v) is 2.14. The lowest BCUT2D eigenvalue weighted by Crippen LogP contribution is -2.11. The molecule has 0 spiro atoms. The Morgan fingerprint density at radius 3 is 2.44 bits per heavy atom. The highest BCUT2D eigenvalue weighted by Crippen LogP contribution is 2.13. The van der Waals surface area contributed by atoms with Crippen LogP contribution in [0, 0.1) is 0 Å². The minimum atomic E-state index is -0.234. The Morgan fingerprint density at radius 2 is 1.75 bits per heavy atom.